The van der Waals surface area contributed by atoms with Crippen molar-refractivity contribution in [2.45, 2.75) is 25.8 Å². The van der Waals surface area contributed by atoms with Gasteiger partial charge >= 0.3 is 0 Å². The molecule has 1 N–H and O–H groups in total. The van der Waals surface area contributed by atoms with Crippen LogP contribution in [0.2, 0.25) is 0 Å². The van der Waals surface area contributed by atoms with Crippen LogP contribution in [-0.4, -0.2) is 21.3 Å². The zero-order valence-corrected chi connectivity index (χ0v) is 11.1. The van der Waals surface area contributed by atoms with E-state index in [9.17, 15) is 0 Å². The fraction of sp³-hybridized carbons (Fsp3) is 0.500. The smallest absolute Gasteiger partial charge is 0.0795 e. The van der Waals surface area contributed by atoms with Crippen LogP contribution in [0.25, 0.3) is 0 Å². The second-order valence-electron chi connectivity index (χ2n) is 4.10. The van der Waals surface area contributed by atoms with E-state index >= 15 is 0 Å². The molecule has 5 heteroatoms. The van der Waals surface area contributed by atoms with Crippen molar-refractivity contribution < 1.29 is 0 Å². The Bertz CT molecular complexity index is 435. The summed E-state index contributed by atoms with van der Waals surface area (Å²) < 4.78 is 1.84. The maximum absolute atomic E-state index is 4.42. The molecule has 0 aromatic carbocycles. The van der Waals surface area contributed by atoms with Crippen LogP contribution in [0.3, 0.4) is 0 Å². The molecule has 0 spiro atoms. The van der Waals surface area contributed by atoms with Crippen LogP contribution < -0.4 is 5.32 Å². The van der Waals surface area contributed by atoms with Crippen molar-refractivity contribution in [2.24, 2.45) is 7.05 Å². The van der Waals surface area contributed by atoms with Gasteiger partial charge in [-0.3, -0.25) is 4.68 Å². The number of thiazole rings is 1. The van der Waals surface area contributed by atoms with Gasteiger partial charge in [-0.25, -0.2) is 4.98 Å². The SMILES string of the molecule is CCCNC(Cc1ccn(C)n1)c1cscn1. The Morgan fingerprint density at radius 1 is 1.53 bits per heavy atom. The third-order valence-corrected chi connectivity index (χ3v) is 3.24. The first-order valence-corrected chi connectivity index (χ1v) is 6.84. The maximum atomic E-state index is 4.42. The van der Waals surface area contributed by atoms with Crippen LogP contribution in [0, 0.1) is 0 Å². The zero-order chi connectivity index (χ0) is 12.1. The average Bonchev–Trinajstić information content (AvgIpc) is 2.95. The molecule has 1 unspecified atom stereocenters. The van der Waals surface area contributed by atoms with Gasteiger partial charge in [-0.1, -0.05) is 6.92 Å². The Morgan fingerprint density at radius 3 is 3.00 bits per heavy atom. The fourth-order valence-electron chi connectivity index (χ4n) is 1.78. The molecule has 4 nitrogen and oxygen atoms in total. The molecule has 0 amide bonds. The molecule has 0 aliphatic heterocycles. The monoisotopic (exact) mass is 250 g/mol. The summed E-state index contributed by atoms with van der Waals surface area (Å²) in [6.45, 7) is 3.18. The minimum atomic E-state index is 0.274. The molecule has 0 aliphatic rings. The lowest BCUT2D eigenvalue weighted by Gasteiger charge is -2.15. The van der Waals surface area contributed by atoms with E-state index in [1.54, 1.807) is 11.3 Å². The van der Waals surface area contributed by atoms with Crippen LogP contribution in [0.15, 0.2) is 23.2 Å². The van der Waals surface area contributed by atoms with E-state index in [0.717, 1.165) is 30.8 Å². The Hall–Kier alpha value is -1.20. The fourth-order valence-corrected chi connectivity index (χ4v) is 2.38. The lowest BCUT2D eigenvalue weighted by molar-refractivity contribution is 0.512. The topological polar surface area (TPSA) is 42.7 Å². The molecule has 1 atom stereocenters. The molecular formula is C12H18N4S. The van der Waals surface area contributed by atoms with E-state index < -0.39 is 0 Å². The third kappa shape index (κ3) is 3.38. The first-order valence-electron chi connectivity index (χ1n) is 5.89. The van der Waals surface area contributed by atoms with Gasteiger partial charge in [0.1, 0.15) is 0 Å². The Morgan fingerprint density at radius 2 is 2.41 bits per heavy atom. The Labute approximate surface area is 106 Å². The van der Waals surface area contributed by atoms with Gasteiger partial charge in [0.25, 0.3) is 0 Å². The average molecular weight is 250 g/mol. The Kier molecular flexibility index (Phi) is 4.28. The van der Waals surface area contributed by atoms with E-state index in [0.29, 0.717) is 0 Å². The van der Waals surface area contributed by atoms with Gasteiger partial charge in [-0.15, -0.1) is 11.3 Å². The van der Waals surface area contributed by atoms with Gasteiger partial charge in [0.2, 0.25) is 0 Å². The van der Waals surface area contributed by atoms with Gasteiger partial charge in [0.05, 0.1) is 22.9 Å². The highest BCUT2D eigenvalue weighted by molar-refractivity contribution is 7.07. The van der Waals surface area contributed by atoms with Crippen LogP contribution in [0.5, 0.6) is 0 Å². The van der Waals surface area contributed by atoms with Gasteiger partial charge in [-0.05, 0) is 19.0 Å². The predicted octanol–water partition coefficient (Wildman–Crippen LogP) is 2.16. The molecular weight excluding hydrogens is 232 g/mol. The van der Waals surface area contributed by atoms with Crippen molar-refractivity contribution in [3.63, 3.8) is 0 Å². The van der Waals surface area contributed by atoms with Crippen LogP contribution in [0.4, 0.5) is 0 Å². The van der Waals surface area contributed by atoms with E-state index in [2.05, 4.69) is 33.8 Å². The molecule has 2 aromatic rings. The molecule has 2 rings (SSSR count). The highest BCUT2D eigenvalue weighted by Crippen LogP contribution is 2.17. The quantitative estimate of drug-likeness (QED) is 0.854. The number of aromatic nitrogens is 3. The number of rotatable bonds is 6. The second-order valence-corrected chi connectivity index (χ2v) is 4.82. The van der Waals surface area contributed by atoms with E-state index in [4.69, 9.17) is 0 Å². The van der Waals surface area contributed by atoms with Crippen molar-refractivity contribution >= 4 is 11.3 Å². The first-order chi connectivity index (χ1) is 8.29. The summed E-state index contributed by atoms with van der Waals surface area (Å²) >= 11 is 1.64. The molecule has 92 valence electrons. The summed E-state index contributed by atoms with van der Waals surface area (Å²) in [6, 6.07) is 2.34. The predicted molar refractivity (Wildman–Crippen MR) is 70.1 cm³/mol. The van der Waals surface area contributed by atoms with Crippen molar-refractivity contribution in [1.82, 2.24) is 20.1 Å². The largest absolute Gasteiger partial charge is 0.308 e. The van der Waals surface area contributed by atoms with Crippen LogP contribution >= 0.6 is 11.3 Å². The number of aryl methyl sites for hydroxylation is 1. The standard InChI is InChI=1S/C12H18N4S/c1-3-5-13-11(12-8-17-9-14-12)7-10-4-6-16(2)15-10/h4,6,8-9,11,13H,3,5,7H2,1-2H3. The summed E-state index contributed by atoms with van der Waals surface area (Å²) in [7, 11) is 1.95. The summed E-state index contributed by atoms with van der Waals surface area (Å²) in [4.78, 5) is 4.39. The number of hydrogen-bond acceptors (Lipinski definition) is 4. The number of nitrogens with zero attached hydrogens (tertiary/aromatic N) is 3. The summed E-state index contributed by atoms with van der Waals surface area (Å²) in [5.74, 6) is 0. The second kappa shape index (κ2) is 5.93. The molecule has 17 heavy (non-hydrogen) atoms. The molecule has 2 aromatic heterocycles. The minimum Gasteiger partial charge on any atom is -0.308 e. The summed E-state index contributed by atoms with van der Waals surface area (Å²) in [6.07, 6.45) is 4.00. The van der Waals surface area contributed by atoms with Crippen molar-refractivity contribution in [3.8, 4) is 0 Å². The highest BCUT2D eigenvalue weighted by Gasteiger charge is 2.14. The zero-order valence-electron chi connectivity index (χ0n) is 10.3. The van der Waals surface area contributed by atoms with Crippen LogP contribution in [0.1, 0.15) is 30.8 Å². The molecule has 2 heterocycles. The summed E-state index contributed by atoms with van der Waals surface area (Å²) in [5, 5.41) is 10.1. The van der Waals surface area contributed by atoms with Crippen LogP contribution in [-0.2, 0) is 13.5 Å². The third-order valence-electron chi connectivity index (χ3n) is 2.63. The molecule has 0 radical (unpaired) electrons. The molecule has 0 bridgehead atoms. The molecule has 0 fully saturated rings. The van der Waals surface area contributed by atoms with Gasteiger partial charge < -0.3 is 5.32 Å². The Balaban J connectivity index is 2.05. The number of nitrogens with one attached hydrogen (secondary N) is 1. The molecule has 0 saturated heterocycles. The molecule has 0 saturated carbocycles. The highest BCUT2D eigenvalue weighted by atomic mass is 32.1. The number of hydrogen-bond donors (Lipinski definition) is 1. The lowest BCUT2D eigenvalue weighted by Crippen LogP contribution is -2.24. The normalized spacial score (nSPS) is 12.8. The van der Waals surface area contributed by atoms with Crippen molar-refractivity contribution in [2.75, 3.05) is 6.54 Å². The van der Waals surface area contributed by atoms with Gasteiger partial charge in [0, 0.05) is 25.0 Å². The van der Waals surface area contributed by atoms with Gasteiger partial charge in [-0.2, -0.15) is 5.10 Å². The molecule has 0 aliphatic carbocycles. The minimum absolute atomic E-state index is 0.274. The van der Waals surface area contributed by atoms with E-state index in [-0.39, 0.29) is 6.04 Å². The maximum Gasteiger partial charge on any atom is 0.0795 e. The van der Waals surface area contributed by atoms with E-state index in [1.165, 1.54) is 0 Å². The van der Waals surface area contributed by atoms with Crippen molar-refractivity contribution in [1.29, 1.82) is 0 Å². The lowest BCUT2D eigenvalue weighted by atomic mass is 10.1. The summed E-state index contributed by atoms with van der Waals surface area (Å²) in [5.41, 5.74) is 4.11. The van der Waals surface area contributed by atoms with E-state index in [1.807, 2.05) is 23.4 Å². The first kappa shape index (κ1) is 12.3. The van der Waals surface area contributed by atoms with Crippen molar-refractivity contribution in [3.05, 3.63) is 34.5 Å². The van der Waals surface area contributed by atoms with Gasteiger partial charge in [0.15, 0.2) is 0 Å².